The molecule has 0 atom stereocenters. The number of hydrogen-bond donors (Lipinski definition) is 0. The first-order valence-corrected chi connectivity index (χ1v) is 30.5. The molecule has 87 heavy (non-hydrogen) atoms. The summed E-state index contributed by atoms with van der Waals surface area (Å²) in [5.74, 6) is 0. The second kappa shape index (κ2) is 21.3. The molecule has 3 heterocycles. The minimum atomic E-state index is -0.136. The van der Waals surface area contributed by atoms with E-state index in [1.165, 1.54) is 70.3 Å². The van der Waals surface area contributed by atoms with Crippen LogP contribution >= 0.6 is 11.8 Å². The monoisotopic (exact) mass is 1130 g/mol. The predicted octanol–water partition coefficient (Wildman–Crippen LogP) is 19.8. The maximum atomic E-state index is 10.7. The molecule has 2 aliphatic rings. The lowest BCUT2D eigenvalue weighted by Gasteiger charge is -2.41. The highest BCUT2D eigenvalue weighted by Gasteiger charge is 2.42. The van der Waals surface area contributed by atoms with Crippen molar-refractivity contribution >= 4 is 90.8 Å². The van der Waals surface area contributed by atoms with Crippen LogP contribution in [0.5, 0.6) is 0 Å². The standard InChI is InChI=1S/C81H55BN4S/c1-53-22-12-14-30-65(53)60-45-58(46-61(47-60)66-31-15-13-23-54(66)2)59-49-78-81-80(50-59)87-79-51-64(84(62-26-8-4-9-27-62)63-28-10-5-11-29-63)40-42-72(79)82(81)71-41-39-57(48-77(71)86(78)73-35-19-16-32-67(73)56-24-6-3-7-25-56)70-44-55(52-83)38-43-76(70)85-74-36-20-17-33-68(74)69-34-18-21-37-75(69)85/h3-51H,1-2H3. The van der Waals surface area contributed by atoms with Crippen LogP contribution < -0.4 is 26.2 Å². The SMILES string of the molecule is Cc1ccccc1-c1cc(-c2cc3c4c(c2)N(c2ccccc2-c2ccccc2)c2cc(-c5cc(C#N)ccc5-n5c6ccccc6c6ccccc65)ccc2B4c2ccc(N(c4ccccc4)c4ccccc4)cc2S3)cc(-c2ccccc2C)c1. The molecule has 14 aromatic rings. The van der Waals surface area contributed by atoms with Crippen molar-refractivity contribution in [1.29, 1.82) is 5.26 Å². The molecular weight excluding hydrogens is 1070 g/mol. The van der Waals surface area contributed by atoms with E-state index in [-0.39, 0.29) is 6.71 Å². The largest absolute Gasteiger partial charge is 0.311 e. The summed E-state index contributed by atoms with van der Waals surface area (Å²) in [4.78, 5) is 7.36. The molecule has 0 N–H and O–H groups in total. The molecule has 0 unspecified atom stereocenters. The van der Waals surface area contributed by atoms with Gasteiger partial charge in [0.15, 0.2) is 0 Å². The van der Waals surface area contributed by atoms with Crippen molar-refractivity contribution < 1.29 is 0 Å². The Kier molecular flexibility index (Phi) is 12.7. The lowest BCUT2D eigenvalue weighted by atomic mass is 9.34. The first-order chi connectivity index (χ1) is 42.9. The van der Waals surface area contributed by atoms with E-state index in [4.69, 9.17) is 0 Å². The summed E-state index contributed by atoms with van der Waals surface area (Å²) in [5.41, 5.74) is 27.9. The Morgan fingerprint density at radius 1 is 0.356 bits per heavy atom. The van der Waals surface area contributed by atoms with Crippen LogP contribution in [0, 0.1) is 25.2 Å². The van der Waals surface area contributed by atoms with E-state index in [0.29, 0.717) is 5.56 Å². The smallest absolute Gasteiger partial charge is 0.249 e. The second-order valence-corrected chi connectivity index (χ2v) is 23.9. The Bertz CT molecular complexity index is 4930. The van der Waals surface area contributed by atoms with Gasteiger partial charge in [-0.2, -0.15) is 5.26 Å². The summed E-state index contributed by atoms with van der Waals surface area (Å²) in [7, 11) is 0. The zero-order valence-corrected chi connectivity index (χ0v) is 48.9. The van der Waals surface area contributed by atoms with Crippen molar-refractivity contribution in [2.45, 2.75) is 23.6 Å². The third-order valence-corrected chi connectivity index (χ3v) is 18.8. The van der Waals surface area contributed by atoms with Gasteiger partial charge < -0.3 is 14.4 Å². The third-order valence-electron chi connectivity index (χ3n) is 17.7. The molecule has 0 saturated carbocycles. The number of aryl methyl sites for hydroxylation is 2. The summed E-state index contributed by atoms with van der Waals surface area (Å²) >= 11 is 1.88. The fourth-order valence-electron chi connectivity index (χ4n) is 13.7. The number of fused-ring (bicyclic) bond motifs is 7. The van der Waals surface area contributed by atoms with Crippen LogP contribution in [0.1, 0.15) is 16.7 Å². The molecule has 0 aliphatic carbocycles. The number of para-hydroxylation sites is 5. The van der Waals surface area contributed by atoms with Crippen LogP contribution in [-0.4, -0.2) is 11.3 Å². The quantitative estimate of drug-likeness (QED) is 0.128. The molecule has 0 radical (unpaired) electrons. The lowest BCUT2D eigenvalue weighted by molar-refractivity contribution is 1.18. The maximum absolute atomic E-state index is 10.7. The second-order valence-electron chi connectivity index (χ2n) is 22.8. The topological polar surface area (TPSA) is 35.2 Å². The van der Waals surface area contributed by atoms with E-state index in [1.807, 2.05) is 17.8 Å². The minimum absolute atomic E-state index is 0.136. The molecule has 16 rings (SSSR count). The highest BCUT2D eigenvalue weighted by molar-refractivity contribution is 8.00. The van der Waals surface area contributed by atoms with E-state index < -0.39 is 0 Å². The van der Waals surface area contributed by atoms with Crippen molar-refractivity contribution in [1.82, 2.24) is 4.57 Å². The lowest BCUT2D eigenvalue weighted by Crippen LogP contribution is -2.59. The van der Waals surface area contributed by atoms with Gasteiger partial charge in [0.25, 0.3) is 0 Å². The fourth-order valence-corrected chi connectivity index (χ4v) is 14.9. The van der Waals surface area contributed by atoms with Crippen molar-refractivity contribution in [3.05, 3.63) is 314 Å². The molecule has 0 fully saturated rings. The summed E-state index contributed by atoms with van der Waals surface area (Å²) in [6.45, 7) is 4.30. The van der Waals surface area contributed by atoms with Gasteiger partial charge >= 0.3 is 0 Å². The number of anilines is 6. The average Bonchev–Trinajstić information content (AvgIpc) is 1.15. The van der Waals surface area contributed by atoms with Crippen LogP contribution in [-0.2, 0) is 0 Å². The highest BCUT2D eigenvalue weighted by Crippen LogP contribution is 2.50. The van der Waals surface area contributed by atoms with E-state index in [1.54, 1.807) is 0 Å². The predicted molar refractivity (Wildman–Crippen MR) is 367 cm³/mol. The molecule has 408 valence electrons. The number of benzene rings is 13. The van der Waals surface area contributed by atoms with Crippen LogP contribution in [0.4, 0.5) is 34.1 Å². The normalized spacial score (nSPS) is 12.1. The van der Waals surface area contributed by atoms with Gasteiger partial charge in [0.2, 0.25) is 6.71 Å². The fraction of sp³-hybridized carbons (Fsp3) is 0.0247. The number of nitrogens with zero attached hydrogens (tertiary/aromatic N) is 4. The first-order valence-electron chi connectivity index (χ1n) is 29.7. The molecule has 2 aliphatic heterocycles. The number of hydrogen-bond acceptors (Lipinski definition) is 4. The van der Waals surface area contributed by atoms with Crippen LogP contribution in [0.25, 0.3) is 83.1 Å². The Labute approximate surface area is 512 Å². The molecule has 1 aromatic heterocycles. The molecule has 0 bridgehead atoms. The number of nitriles is 1. The van der Waals surface area contributed by atoms with Gasteiger partial charge in [0.1, 0.15) is 0 Å². The third kappa shape index (κ3) is 8.86. The van der Waals surface area contributed by atoms with Gasteiger partial charge in [-0.1, -0.05) is 205 Å². The van der Waals surface area contributed by atoms with Crippen molar-refractivity contribution in [2.75, 3.05) is 9.80 Å². The van der Waals surface area contributed by atoms with E-state index >= 15 is 0 Å². The zero-order chi connectivity index (χ0) is 58.1. The van der Waals surface area contributed by atoms with E-state index in [0.717, 1.165) is 84.2 Å². The minimum Gasteiger partial charge on any atom is -0.311 e. The van der Waals surface area contributed by atoms with Gasteiger partial charge in [0.05, 0.1) is 34.0 Å². The molecule has 6 heteroatoms. The Morgan fingerprint density at radius 3 is 1.54 bits per heavy atom. The van der Waals surface area contributed by atoms with Gasteiger partial charge in [-0.3, -0.25) is 0 Å². The molecule has 4 nitrogen and oxygen atoms in total. The number of aromatic nitrogens is 1. The van der Waals surface area contributed by atoms with Crippen LogP contribution in [0.2, 0.25) is 0 Å². The van der Waals surface area contributed by atoms with Gasteiger partial charge in [0, 0.05) is 60.1 Å². The van der Waals surface area contributed by atoms with Crippen LogP contribution in [0.15, 0.2) is 307 Å². The first kappa shape index (κ1) is 51.8. The van der Waals surface area contributed by atoms with E-state index in [2.05, 4.69) is 325 Å². The maximum Gasteiger partial charge on any atom is 0.249 e. The van der Waals surface area contributed by atoms with Crippen LogP contribution in [0.3, 0.4) is 0 Å². The van der Waals surface area contributed by atoms with Crippen molar-refractivity contribution in [2.24, 2.45) is 0 Å². The highest BCUT2D eigenvalue weighted by atomic mass is 32.2. The molecule has 0 spiro atoms. The summed E-state index contributed by atoms with van der Waals surface area (Å²) in [6, 6.07) is 111. The average molecular weight is 1130 g/mol. The summed E-state index contributed by atoms with van der Waals surface area (Å²) in [6.07, 6.45) is 0. The number of rotatable bonds is 10. The molecule has 0 amide bonds. The molecular formula is C81H55BN4S. The Balaban J connectivity index is 0.989. The van der Waals surface area contributed by atoms with Gasteiger partial charge in [-0.05, 0) is 190 Å². The van der Waals surface area contributed by atoms with E-state index in [9.17, 15) is 5.26 Å². The van der Waals surface area contributed by atoms with Gasteiger partial charge in [-0.15, -0.1) is 0 Å². The molecule has 13 aromatic carbocycles. The zero-order valence-electron chi connectivity index (χ0n) is 48.1. The van der Waals surface area contributed by atoms with Crippen molar-refractivity contribution in [3.63, 3.8) is 0 Å². The van der Waals surface area contributed by atoms with Gasteiger partial charge in [-0.25, -0.2) is 0 Å². The summed E-state index contributed by atoms with van der Waals surface area (Å²) < 4.78 is 2.38. The summed E-state index contributed by atoms with van der Waals surface area (Å²) in [5, 5.41) is 13.1. The molecule has 0 saturated heterocycles. The Hall–Kier alpha value is -10.8. The van der Waals surface area contributed by atoms with Crippen molar-refractivity contribution in [3.8, 4) is 67.4 Å². The Morgan fingerprint density at radius 2 is 0.897 bits per heavy atom.